The molecule has 3 atom stereocenters. The maximum Gasteiger partial charge on any atom is 0.241 e. The second-order valence-corrected chi connectivity index (χ2v) is 8.38. The lowest BCUT2D eigenvalue weighted by atomic mass is 9.77. The van der Waals surface area contributed by atoms with Gasteiger partial charge >= 0.3 is 0 Å². The quantitative estimate of drug-likeness (QED) is 0.449. The number of fused-ring (bicyclic) bond motifs is 3. The van der Waals surface area contributed by atoms with Crippen molar-refractivity contribution in [2.75, 3.05) is 4.90 Å². The first kappa shape index (κ1) is 19.7. The molecule has 0 saturated carbocycles. The number of rotatable bonds is 2. The smallest absolute Gasteiger partial charge is 0.241 e. The molecule has 0 unspecified atom stereocenters. The van der Waals surface area contributed by atoms with Gasteiger partial charge in [-0.3, -0.25) is 19.2 Å². The van der Waals surface area contributed by atoms with Crippen LogP contribution >= 0.6 is 0 Å². The van der Waals surface area contributed by atoms with Crippen molar-refractivity contribution >= 4 is 29.1 Å². The molecule has 3 aromatic carbocycles. The third-order valence-electron chi connectivity index (χ3n) is 6.73. The topological polar surface area (TPSA) is 80.8 Å². The molecule has 2 amide bonds. The van der Waals surface area contributed by atoms with Gasteiger partial charge in [0.05, 0.1) is 23.6 Å². The average molecular weight is 441 g/mol. The standard InChI is InChI=1S/C26H16FNO5/c27-15-12-10-14(11-13-15)21-19-20(25(32)28(24(19)31)16-6-2-1-3-7-16)26(33-21)22(29)17-8-4-5-9-18(17)23(26)30/h1-13,19-21H/t19-,20-,21+/m1/s1. The number of carbonyl (C=O) groups is 4. The van der Waals surface area contributed by atoms with Gasteiger partial charge in [-0.25, -0.2) is 9.29 Å². The minimum atomic E-state index is -2.14. The van der Waals surface area contributed by atoms with Crippen molar-refractivity contribution < 1.29 is 28.3 Å². The van der Waals surface area contributed by atoms with E-state index < -0.39 is 52.7 Å². The van der Waals surface area contributed by atoms with E-state index in [4.69, 9.17) is 4.74 Å². The molecule has 162 valence electrons. The number of imide groups is 1. The van der Waals surface area contributed by atoms with Crippen molar-refractivity contribution in [1.82, 2.24) is 0 Å². The van der Waals surface area contributed by atoms with Crippen LogP contribution in [0.3, 0.4) is 0 Å². The number of ketones is 2. The minimum Gasteiger partial charge on any atom is -0.349 e. The largest absolute Gasteiger partial charge is 0.349 e. The Labute approximate surface area is 187 Å². The van der Waals surface area contributed by atoms with Gasteiger partial charge in [-0.1, -0.05) is 54.6 Å². The number of halogens is 1. The van der Waals surface area contributed by atoms with Crippen LogP contribution < -0.4 is 4.90 Å². The molecule has 0 bridgehead atoms. The Morgan fingerprint density at radius 1 is 0.727 bits per heavy atom. The first-order chi connectivity index (χ1) is 15.9. The molecule has 33 heavy (non-hydrogen) atoms. The molecule has 2 aliphatic heterocycles. The van der Waals surface area contributed by atoms with E-state index >= 15 is 0 Å². The van der Waals surface area contributed by atoms with Crippen LogP contribution in [-0.2, 0) is 14.3 Å². The Hall–Kier alpha value is -3.97. The van der Waals surface area contributed by atoms with Gasteiger partial charge in [0, 0.05) is 11.1 Å². The number of nitrogens with zero attached hydrogens (tertiary/aromatic N) is 1. The highest BCUT2D eigenvalue weighted by atomic mass is 19.1. The monoisotopic (exact) mass is 441 g/mol. The first-order valence-electron chi connectivity index (χ1n) is 10.5. The van der Waals surface area contributed by atoms with Gasteiger partial charge in [-0.2, -0.15) is 0 Å². The summed E-state index contributed by atoms with van der Waals surface area (Å²) >= 11 is 0. The van der Waals surface area contributed by atoms with Crippen LogP contribution in [-0.4, -0.2) is 29.0 Å². The van der Waals surface area contributed by atoms with Gasteiger partial charge in [0.1, 0.15) is 5.82 Å². The van der Waals surface area contributed by atoms with E-state index in [0.29, 0.717) is 11.3 Å². The highest BCUT2D eigenvalue weighted by Gasteiger charge is 2.74. The summed E-state index contributed by atoms with van der Waals surface area (Å²) in [5, 5.41) is 0. The fraction of sp³-hybridized carbons (Fsp3) is 0.154. The lowest BCUT2D eigenvalue weighted by molar-refractivity contribution is -0.127. The van der Waals surface area contributed by atoms with Crippen LogP contribution in [0.1, 0.15) is 32.4 Å². The summed E-state index contributed by atoms with van der Waals surface area (Å²) in [6, 6.07) is 20.0. The fourth-order valence-corrected chi connectivity index (χ4v) is 5.30. The van der Waals surface area contributed by atoms with Crippen LogP contribution in [0.4, 0.5) is 10.1 Å². The zero-order valence-corrected chi connectivity index (χ0v) is 17.1. The van der Waals surface area contributed by atoms with Crippen molar-refractivity contribution in [2.24, 2.45) is 11.8 Å². The predicted octanol–water partition coefficient (Wildman–Crippen LogP) is 3.52. The van der Waals surface area contributed by atoms with E-state index in [-0.39, 0.29) is 11.1 Å². The summed E-state index contributed by atoms with van der Waals surface area (Å²) in [6.07, 6.45) is -1.07. The Bertz CT molecular complexity index is 1320. The number of para-hydroxylation sites is 1. The minimum absolute atomic E-state index is 0.166. The van der Waals surface area contributed by atoms with Crippen LogP contribution in [0.15, 0.2) is 78.9 Å². The zero-order valence-electron chi connectivity index (χ0n) is 17.1. The third-order valence-corrected chi connectivity index (χ3v) is 6.73. The van der Waals surface area contributed by atoms with Gasteiger partial charge in [-0.05, 0) is 29.8 Å². The molecule has 7 heteroatoms. The summed E-state index contributed by atoms with van der Waals surface area (Å²) in [5.41, 5.74) is -1.04. The number of carbonyl (C=O) groups excluding carboxylic acids is 4. The Balaban J connectivity index is 1.55. The van der Waals surface area contributed by atoms with Gasteiger partial charge in [-0.15, -0.1) is 0 Å². The molecule has 0 radical (unpaired) electrons. The van der Waals surface area contributed by atoms with E-state index in [1.165, 1.54) is 36.4 Å². The van der Waals surface area contributed by atoms with Gasteiger partial charge in [0.15, 0.2) is 0 Å². The fourth-order valence-electron chi connectivity index (χ4n) is 5.30. The maximum absolute atomic E-state index is 13.7. The van der Waals surface area contributed by atoms with Crippen LogP contribution in [0.2, 0.25) is 0 Å². The third kappa shape index (κ3) is 2.45. The molecule has 0 N–H and O–H groups in total. The SMILES string of the molecule is O=C1[C@H]2[C@H](c3ccc(F)cc3)OC3(C(=O)c4ccccc4C3=O)[C@H]2C(=O)N1c1ccccc1. The molecule has 2 heterocycles. The summed E-state index contributed by atoms with van der Waals surface area (Å²) in [7, 11) is 0. The van der Waals surface area contributed by atoms with E-state index in [1.54, 1.807) is 42.5 Å². The molecule has 1 aliphatic carbocycles. The summed E-state index contributed by atoms with van der Waals surface area (Å²) in [6.45, 7) is 0. The van der Waals surface area contributed by atoms with Crippen LogP contribution in [0.25, 0.3) is 0 Å². The Kier molecular flexibility index (Phi) is 4.04. The van der Waals surface area contributed by atoms with Crippen molar-refractivity contribution in [3.8, 4) is 0 Å². The number of Topliss-reactive ketones (excluding diaryl/α,β-unsaturated/α-hetero) is 2. The summed E-state index contributed by atoms with van der Waals surface area (Å²) in [4.78, 5) is 55.5. The highest BCUT2D eigenvalue weighted by Crippen LogP contribution is 2.57. The lowest BCUT2D eigenvalue weighted by Crippen LogP contribution is -2.51. The summed E-state index contributed by atoms with van der Waals surface area (Å²) < 4.78 is 19.7. The predicted molar refractivity (Wildman–Crippen MR) is 114 cm³/mol. The molecule has 2 saturated heterocycles. The maximum atomic E-state index is 13.7. The lowest BCUT2D eigenvalue weighted by Gasteiger charge is -2.27. The first-order valence-corrected chi connectivity index (χ1v) is 10.5. The number of amides is 2. The number of anilines is 1. The Morgan fingerprint density at radius 2 is 1.30 bits per heavy atom. The molecule has 1 spiro atoms. The van der Waals surface area contributed by atoms with Crippen LogP contribution in [0.5, 0.6) is 0 Å². The second-order valence-electron chi connectivity index (χ2n) is 8.38. The zero-order chi connectivity index (χ0) is 22.9. The average Bonchev–Trinajstić information content (AvgIpc) is 3.40. The van der Waals surface area contributed by atoms with E-state index in [1.807, 2.05) is 0 Å². The van der Waals surface area contributed by atoms with E-state index in [0.717, 1.165) is 4.90 Å². The number of hydrogen-bond acceptors (Lipinski definition) is 5. The van der Waals surface area contributed by atoms with Crippen molar-refractivity contribution in [2.45, 2.75) is 11.7 Å². The molecule has 6 nitrogen and oxygen atoms in total. The molecule has 3 aliphatic rings. The molecular weight excluding hydrogens is 425 g/mol. The molecular formula is C26H16FNO5. The van der Waals surface area contributed by atoms with Gasteiger partial charge < -0.3 is 4.74 Å². The van der Waals surface area contributed by atoms with E-state index in [9.17, 15) is 23.6 Å². The van der Waals surface area contributed by atoms with Crippen molar-refractivity contribution in [1.29, 1.82) is 0 Å². The van der Waals surface area contributed by atoms with Gasteiger partial charge in [0.2, 0.25) is 29.0 Å². The number of ether oxygens (including phenoxy) is 1. The van der Waals surface area contributed by atoms with Crippen molar-refractivity contribution in [3.63, 3.8) is 0 Å². The number of hydrogen-bond donors (Lipinski definition) is 0. The molecule has 6 rings (SSSR count). The highest BCUT2D eigenvalue weighted by molar-refractivity contribution is 6.37. The molecule has 3 aromatic rings. The molecule has 0 aromatic heterocycles. The normalized spacial score (nSPS) is 25.1. The number of benzene rings is 3. The van der Waals surface area contributed by atoms with E-state index in [2.05, 4.69) is 0 Å². The molecule has 2 fully saturated rings. The van der Waals surface area contributed by atoms with Crippen LogP contribution in [0, 0.1) is 17.7 Å². The van der Waals surface area contributed by atoms with Crippen molar-refractivity contribution in [3.05, 3.63) is 101 Å². The Morgan fingerprint density at radius 3 is 1.91 bits per heavy atom. The van der Waals surface area contributed by atoms with Gasteiger partial charge in [0.25, 0.3) is 0 Å². The summed E-state index contributed by atoms with van der Waals surface area (Å²) in [5.74, 6) is -5.38. The second kappa shape index (κ2) is 6.76.